The van der Waals surface area contributed by atoms with Crippen molar-refractivity contribution in [2.75, 3.05) is 26.4 Å². The quantitative estimate of drug-likeness (QED) is 0.116. The number of hydrogen-bond donors (Lipinski definition) is 0. The van der Waals surface area contributed by atoms with Gasteiger partial charge in [0.25, 0.3) is 0 Å². The van der Waals surface area contributed by atoms with Crippen LogP contribution in [0.4, 0.5) is 35.1 Å². The van der Waals surface area contributed by atoms with Crippen molar-refractivity contribution in [3.05, 3.63) is 95.6 Å². The first-order valence-electron chi connectivity index (χ1n) is 15.8. The van der Waals surface area contributed by atoms with E-state index in [-0.39, 0.29) is 41.4 Å². The average molecular weight is 697 g/mol. The van der Waals surface area contributed by atoms with Crippen molar-refractivity contribution >= 4 is 0 Å². The molecule has 0 saturated carbocycles. The van der Waals surface area contributed by atoms with E-state index in [1.807, 2.05) is 6.92 Å². The highest BCUT2D eigenvalue weighted by Crippen LogP contribution is 2.43. The molecule has 0 aromatic heterocycles. The summed E-state index contributed by atoms with van der Waals surface area (Å²) < 4.78 is 133. The number of halogens is 8. The lowest BCUT2D eigenvalue weighted by molar-refractivity contribution is -0.140. The second-order valence-electron chi connectivity index (χ2n) is 11.1. The van der Waals surface area contributed by atoms with Crippen molar-refractivity contribution in [3.8, 4) is 45.3 Å². The molecule has 0 heterocycles. The van der Waals surface area contributed by atoms with Gasteiger partial charge in [0, 0.05) is 0 Å². The Balaban J connectivity index is 1.31. The highest BCUT2D eigenvalue weighted by Gasteiger charge is 2.40. The molecule has 4 aromatic rings. The van der Waals surface area contributed by atoms with Gasteiger partial charge in [-0.15, -0.1) is 0 Å². The maximum absolute atomic E-state index is 14.7. The molecule has 0 amide bonds. The number of rotatable bonds is 15. The van der Waals surface area contributed by atoms with Gasteiger partial charge in [0.1, 0.15) is 22.6 Å². The lowest BCUT2D eigenvalue weighted by atomic mass is 9.98. The molecule has 49 heavy (non-hydrogen) atoms. The first-order valence-corrected chi connectivity index (χ1v) is 15.8. The largest absolute Gasteiger partial charge is 0.494 e. The van der Waals surface area contributed by atoms with Gasteiger partial charge in [0.15, 0.2) is 23.1 Å². The number of alkyl halides is 6. The second-order valence-corrected chi connectivity index (χ2v) is 11.1. The number of benzene rings is 4. The van der Waals surface area contributed by atoms with Crippen LogP contribution in [0.3, 0.4) is 0 Å². The zero-order chi connectivity index (χ0) is 35.8. The van der Waals surface area contributed by atoms with Crippen LogP contribution in [0, 0.1) is 17.6 Å². The molecule has 0 bridgehead atoms. The van der Waals surface area contributed by atoms with Crippen LogP contribution in [0.2, 0.25) is 0 Å². The molecular weight excluding hydrogens is 660 g/mol. The summed E-state index contributed by atoms with van der Waals surface area (Å²) in [4.78, 5) is 0. The summed E-state index contributed by atoms with van der Waals surface area (Å²) in [6.45, 7) is 5.82. The van der Waals surface area contributed by atoms with Crippen molar-refractivity contribution in [2.24, 2.45) is 5.92 Å². The maximum Gasteiger partial charge on any atom is 0.419 e. The monoisotopic (exact) mass is 696 g/mol. The van der Waals surface area contributed by atoms with E-state index in [1.165, 1.54) is 72.8 Å². The van der Waals surface area contributed by atoms with Crippen LogP contribution in [-0.4, -0.2) is 26.4 Å². The third-order valence-electron chi connectivity index (χ3n) is 7.88. The van der Waals surface area contributed by atoms with Gasteiger partial charge in [-0.25, -0.2) is 8.78 Å². The normalized spacial score (nSPS) is 11.9. The van der Waals surface area contributed by atoms with Crippen LogP contribution in [0.15, 0.2) is 72.8 Å². The summed E-state index contributed by atoms with van der Waals surface area (Å²) in [7, 11) is 0. The Kier molecular flexibility index (Phi) is 12.4. The van der Waals surface area contributed by atoms with Gasteiger partial charge < -0.3 is 18.9 Å². The van der Waals surface area contributed by atoms with E-state index in [9.17, 15) is 35.1 Å². The topological polar surface area (TPSA) is 36.9 Å². The second kappa shape index (κ2) is 16.3. The SMILES string of the molecule is CCOc1ccc(-c2ccc(OCCC(CC)CCOc3ccc(-c4ccc(OCC)c(F)c4C(F)(F)F)cc3)cc2)c(C(F)(F)F)c1F. The molecule has 12 heteroatoms. The number of hydrogen-bond acceptors (Lipinski definition) is 4. The van der Waals surface area contributed by atoms with Gasteiger partial charge in [0.2, 0.25) is 0 Å². The Labute approximate surface area is 279 Å². The van der Waals surface area contributed by atoms with Crippen LogP contribution in [0.25, 0.3) is 22.3 Å². The Morgan fingerprint density at radius 1 is 0.510 bits per heavy atom. The van der Waals surface area contributed by atoms with Gasteiger partial charge >= 0.3 is 12.4 Å². The Hall–Kier alpha value is -4.48. The zero-order valence-corrected chi connectivity index (χ0v) is 27.1. The van der Waals surface area contributed by atoms with E-state index < -0.39 is 46.6 Å². The highest BCUT2D eigenvalue weighted by molar-refractivity contribution is 5.71. The standard InChI is InChI=1S/C37H36F8O4/c1-4-23(19-21-48-26-11-7-24(8-12-26)28-15-17-30(46-5-2)34(38)32(28)36(40,41)42)20-22-49-27-13-9-25(10-14-27)29-16-18-31(47-6-3)35(39)33(29)37(43,44)45/h7-18,23H,4-6,19-22H2,1-3H3. The summed E-state index contributed by atoms with van der Waals surface area (Å²) in [5.41, 5.74) is -3.06. The molecule has 0 aliphatic rings. The molecule has 0 radical (unpaired) electrons. The van der Waals surface area contributed by atoms with E-state index in [2.05, 4.69) is 0 Å². The molecule has 0 spiro atoms. The van der Waals surface area contributed by atoms with Crippen LogP contribution in [0.1, 0.15) is 51.2 Å². The molecule has 0 N–H and O–H groups in total. The van der Waals surface area contributed by atoms with Gasteiger partial charge in [0.05, 0.1) is 26.4 Å². The number of ether oxygens (including phenoxy) is 4. The van der Waals surface area contributed by atoms with Crippen molar-refractivity contribution < 1.29 is 54.1 Å². The molecule has 4 aromatic carbocycles. The smallest absolute Gasteiger partial charge is 0.419 e. The fourth-order valence-electron chi connectivity index (χ4n) is 5.38. The summed E-state index contributed by atoms with van der Waals surface area (Å²) in [5, 5.41) is 0. The third-order valence-corrected chi connectivity index (χ3v) is 7.88. The molecule has 4 rings (SSSR count). The summed E-state index contributed by atoms with van der Waals surface area (Å²) in [6.07, 6.45) is -7.72. The summed E-state index contributed by atoms with van der Waals surface area (Å²) in [6, 6.07) is 16.6. The molecule has 0 aliphatic carbocycles. The van der Waals surface area contributed by atoms with Gasteiger partial charge in [-0.2, -0.15) is 26.3 Å². The van der Waals surface area contributed by atoms with Crippen molar-refractivity contribution in [1.82, 2.24) is 0 Å². The van der Waals surface area contributed by atoms with Gasteiger partial charge in [-0.3, -0.25) is 0 Å². The molecule has 0 fully saturated rings. The minimum Gasteiger partial charge on any atom is -0.494 e. The first kappa shape index (κ1) is 37.3. The molecule has 4 nitrogen and oxygen atoms in total. The van der Waals surface area contributed by atoms with Crippen LogP contribution < -0.4 is 18.9 Å². The molecule has 0 unspecified atom stereocenters. The molecular formula is C37H36F8O4. The minimum atomic E-state index is -4.93. The van der Waals surface area contributed by atoms with E-state index in [4.69, 9.17) is 18.9 Å². The van der Waals surface area contributed by atoms with E-state index in [0.717, 1.165) is 6.42 Å². The minimum absolute atomic E-state index is 0.0210. The van der Waals surface area contributed by atoms with Crippen molar-refractivity contribution in [2.45, 2.75) is 52.4 Å². The average Bonchev–Trinajstić information content (AvgIpc) is 3.05. The first-order chi connectivity index (χ1) is 23.3. The fourth-order valence-corrected chi connectivity index (χ4v) is 5.38. The highest BCUT2D eigenvalue weighted by atomic mass is 19.4. The Morgan fingerprint density at radius 2 is 0.878 bits per heavy atom. The predicted molar refractivity (Wildman–Crippen MR) is 170 cm³/mol. The van der Waals surface area contributed by atoms with Gasteiger partial charge in [-0.1, -0.05) is 37.6 Å². The Morgan fingerprint density at radius 3 is 1.18 bits per heavy atom. The van der Waals surface area contributed by atoms with Crippen LogP contribution >= 0.6 is 0 Å². The lowest BCUT2D eigenvalue weighted by Gasteiger charge is -2.18. The van der Waals surface area contributed by atoms with Crippen molar-refractivity contribution in [3.63, 3.8) is 0 Å². The van der Waals surface area contributed by atoms with E-state index >= 15 is 0 Å². The molecule has 0 saturated heterocycles. The van der Waals surface area contributed by atoms with Crippen LogP contribution in [-0.2, 0) is 12.4 Å². The molecule has 0 aliphatic heterocycles. The predicted octanol–water partition coefficient (Wildman–Crippen LogP) is 11.4. The van der Waals surface area contributed by atoms with Crippen LogP contribution in [0.5, 0.6) is 23.0 Å². The molecule has 0 atom stereocenters. The summed E-state index contributed by atoms with van der Waals surface area (Å²) >= 11 is 0. The fraction of sp³-hybridized carbons (Fsp3) is 0.351. The molecule has 264 valence electrons. The maximum atomic E-state index is 14.7. The summed E-state index contributed by atoms with van der Waals surface area (Å²) in [5.74, 6) is -2.76. The van der Waals surface area contributed by atoms with E-state index in [1.54, 1.807) is 13.8 Å². The Bertz CT molecular complexity index is 1540. The van der Waals surface area contributed by atoms with E-state index in [0.29, 0.717) is 37.6 Å². The van der Waals surface area contributed by atoms with Gasteiger partial charge in [-0.05, 0) is 103 Å². The third kappa shape index (κ3) is 9.36. The zero-order valence-electron chi connectivity index (χ0n) is 27.1. The van der Waals surface area contributed by atoms with Crippen molar-refractivity contribution in [1.29, 1.82) is 0 Å². The lowest BCUT2D eigenvalue weighted by Crippen LogP contribution is -2.12.